The zero-order valence-corrected chi connectivity index (χ0v) is 11.2. The molecule has 0 saturated carbocycles. The van der Waals surface area contributed by atoms with E-state index in [1.54, 1.807) is 13.2 Å². The maximum absolute atomic E-state index is 11.1. The number of anilines is 1. The number of ether oxygens (including phenoxy) is 1. The molecular formula is C14H19N3O2. The van der Waals surface area contributed by atoms with E-state index in [2.05, 4.69) is 22.4 Å². The highest BCUT2D eigenvalue weighted by Gasteiger charge is 2.03. The summed E-state index contributed by atoms with van der Waals surface area (Å²) in [4.78, 5) is 11.1. The molecule has 1 aromatic heterocycles. The topological polar surface area (TPSA) is 69.9 Å². The van der Waals surface area contributed by atoms with Crippen LogP contribution in [0.5, 0.6) is 0 Å². The molecule has 0 aliphatic rings. The Balaban J connectivity index is 2.00. The molecule has 0 aliphatic heterocycles. The lowest BCUT2D eigenvalue weighted by molar-refractivity contribution is 0.191. The lowest BCUT2D eigenvalue weighted by Crippen LogP contribution is -2.16. The Morgan fingerprint density at radius 2 is 2.00 bits per heavy atom. The quantitative estimate of drug-likeness (QED) is 0.746. The first-order valence-electron chi connectivity index (χ1n) is 6.32. The molecule has 0 spiro atoms. The number of hydrogen-bond donors (Lipinski definition) is 3. The normalized spacial score (nSPS) is 12.3. The fraction of sp³-hybridized carbons (Fsp3) is 0.357. The van der Waals surface area contributed by atoms with Gasteiger partial charge >= 0.3 is 0 Å². The minimum atomic E-state index is -0.120. The third kappa shape index (κ3) is 3.72. The van der Waals surface area contributed by atoms with E-state index in [0.29, 0.717) is 6.04 Å². The highest BCUT2D eigenvalue weighted by molar-refractivity contribution is 5.62. The second-order valence-electron chi connectivity index (χ2n) is 4.58. The lowest BCUT2D eigenvalue weighted by Gasteiger charge is -2.14. The van der Waals surface area contributed by atoms with E-state index in [1.165, 1.54) is 0 Å². The van der Waals surface area contributed by atoms with Crippen LogP contribution in [-0.2, 0) is 4.74 Å². The SMILES string of the molecule is COCCC(C)Nc1ccc(-c2cc(=O)[nH][nH]2)cc1. The first-order chi connectivity index (χ1) is 9.19. The van der Waals surface area contributed by atoms with Gasteiger partial charge in [-0.05, 0) is 31.0 Å². The zero-order chi connectivity index (χ0) is 13.7. The van der Waals surface area contributed by atoms with Gasteiger partial charge in [0.05, 0.1) is 5.69 Å². The summed E-state index contributed by atoms with van der Waals surface area (Å²) in [6.07, 6.45) is 0.962. The number of rotatable bonds is 6. The van der Waals surface area contributed by atoms with Gasteiger partial charge in [-0.25, -0.2) is 0 Å². The molecule has 0 aliphatic carbocycles. The van der Waals surface area contributed by atoms with Crippen LogP contribution in [0.1, 0.15) is 13.3 Å². The van der Waals surface area contributed by atoms with Crippen LogP contribution in [0.25, 0.3) is 11.3 Å². The minimum absolute atomic E-state index is 0.120. The van der Waals surface area contributed by atoms with E-state index >= 15 is 0 Å². The Labute approximate surface area is 112 Å². The van der Waals surface area contributed by atoms with Crippen molar-refractivity contribution in [2.45, 2.75) is 19.4 Å². The van der Waals surface area contributed by atoms with Crippen molar-refractivity contribution < 1.29 is 4.74 Å². The molecule has 2 aromatic rings. The second-order valence-corrected chi connectivity index (χ2v) is 4.58. The van der Waals surface area contributed by atoms with Gasteiger partial charge in [0.1, 0.15) is 0 Å². The van der Waals surface area contributed by atoms with E-state index in [0.717, 1.165) is 30.0 Å². The molecule has 0 radical (unpaired) electrons. The lowest BCUT2D eigenvalue weighted by atomic mass is 10.1. The molecule has 102 valence electrons. The monoisotopic (exact) mass is 261 g/mol. The van der Waals surface area contributed by atoms with E-state index in [4.69, 9.17) is 4.74 Å². The summed E-state index contributed by atoms with van der Waals surface area (Å²) < 4.78 is 5.05. The first kappa shape index (κ1) is 13.4. The van der Waals surface area contributed by atoms with E-state index < -0.39 is 0 Å². The zero-order valence-electron chi connectivity index (χ0n) is 11.2. The highest BCUT2D eigenvalue weighted by atomic mass is 16.5. The van der Waals surface area contributed by atoms with E-state index in [1.807, 2.05) is 24.3 Å². The van der Waals surface area contributed by atoms with Crippen molar-refractivity contribution in [3.8, 4) is 11.3 Å². The predicted octanol–water partition coefficient (Wildman–Crippen LogP) is 2.21. The van der Waals surface area contributed by atoms with Crippen molar-refractivity contribution >= 4 is 5.69 Å². The molecule has 1 unspecified atom stereocenters. The number of aromatic amines is 2. The summed E-state index contributed by atoms with van der Waals surface area (Å²) in [6.45, 7) is 2.87. The third-order valence-corrected chi connectivity index (χ3v) is 2.96. The summed E-state index contributed by atoms with van der Waals surface area (Å²) in [5.74, 6) is 0. The molecule has 1 atom stereocenters. The summed E-state index contributed by atoms with van der Waals surface area (Å²) in [7, 11) is 1.71. The Hall–Kier alpha value is -2.01. The number of H-pyrrole nitrogens is 2. The predicted molar refractivity (Wildman–Crippen MR) is 76.4 cm³/mol. The average molecular weight is 261 g/mol. The maximum Gasteiger partial charge on any atom is 0.264 e. The number of methoxy groups -OCH3 is 1. The molecule has 0 amide bonds. The van der Waals surface area contributed by atoms with Gasteiger partial charge in [-0.15, -0.1) is 0 Å². The van der Waals surface area contributed by atoms with Crippen LogP contribution in [0.2, 0.25) is 0 Å². The van der Waals surface area contributed by atoms with Crippen LogP contribution < -0.4 is 10.9 Å². The fourth-order valence-corrected chi connectivity index (χ4v) is 1.89. The minimum Gasteiger partial charge on any atom is -0.385 e. The maximum atomic E-state index is 11.1. The van der Waals surface area contributed by atoms with Gasteiger partial charge in [0.25, 0.3) is 5.56 Å². The Bertz CT molecular complexity index is 557. The van der Waals surface area contributed by atoms with Crippen molar-refractivity contribution in [3.05, 3.63) is 40.7 Å². The standard InChI is InChI=1S/C14H19N3O2/c1-10(7-8-19-2)15-12-5-3-11(4-6-12)13-9-14(18)17-16-13/h3-6,9-10,15H,7-8H2,1-2H3,(H2,16,17,18). The fourth-order valence-electron chi connectivity index (χ4n) is 1.89. The van der Waals surface area contributed by atoms with Crippen LogP contribution in [0.4, 0.5) is 5.69 Å². The first-order valence-corrected chi connectivity index (χ1v) is 6.32. The Morgan fingerprint density at radius 3 is 2.58 bits per heavy atom. The van der Waals surface area contributed by atoms with Crippen LogP contribution in [0.3, 0.4) is 0 Å². The number of nitrogens with one attached hydrogen (secondary N) is 3. The van der Waals surface area contributed by atoms with Crippen molar-refractivity contribution in [2.75, 3.05) is 19.0 Å². The number of benzene rings is 1. The molecule has 0 saturated heterocycles. The molecule has 2 rings (SSSR count). The molecule has 19 heavy (non-hydrogen) atoms. The van der Waals surface area contributed by atoms with Gasteiger partial charge in [0.2, 0.25) is 0 Å². The summed E-state index contributed by atoms with van der Waals surface area (Å²) in [6, 6.07) is 9.87. The molecule has 1 heterocycles. The van der Waals surface area contributed by atoms with Gasteiger partial charge in [-0.2, -0.15) is 0 Å². The molecule has 0 bridgehead atoms. The molecule has 1 aromatic carbocycles. The van der Waals surface area contributed by atoms with Crippen molar-refractivity contribution in [1.29, 1.82) is 0 Å². The van der Waals surface area contributed by atoms with Gasteiger partial charge in [0.15, 0.2) is 0 Å². The van der Waals surface area contributed by atoms with Gasteiger partial charge in [0, 0.05) is 31.5 Å². The van der Waals surface area contributed by atoms with Crippen LogP contribution in [-0.4, -0.2) is 30.0 Å². The van der Waals surface area contributed by atoms with Gasteiger partial charge in [-0.3, -0.25) is 15.0 Å². The van der Waals surface area contributed by atoms with E-state index in [-0.39, 0.29) is 5.56 Å². The average Bonchev–Trinajstić information content (AvgIpc) is 2.84. The summed E-state index contributed by atoms with van der Waals surface area (Å²) >= 11 is 0. The highest BCUT2D eigenvalue weighted by Crippen LogP contribution is 2.18. The number of hydrogen-bond acceptors (Lipinski definition) is 3. The summed E-state index contributed by atoms with van der Waals surface area (Å²) in [5, 5.41) is 8.76. The van der Waals surface area contributed by atoms with Crippen molar-refractivity contribution in [1.82, 2.24) is 10.2 Å². The smallest absolute Gasteiger partial charge is 0.264 e. The van der Waals surface area contributed by atoms with Crippen molar-refractivity contribution in [3.63, 3.8) is 0 Å². The number of aromatic nitrogens is 2. The van der Waals surface area contributed by atoms with Crippen molar-refractivity contribution in [2.24, 2.45) is 0 Å². The second kappa shape index (κ2) is 6.24. The van der Waals surface area contributed by atoms with E-state index in [9.17, 15) is 4.79 Å². The van der Waals surface area contributed by atoms with Gasteiger partial charge in [-0.1, -0.05) is 12.1 Å². The molecule has 3 N–H and O–H groups in total. The molecule has 5 heteroatoms. The molecule has 5 nitrogen and oxygen atoms in total. The third-order valence-electron chi connectivity index (χ3n) is 2.96. The van der Waals surface area contributed by atoms with Crippen LogP contribution in [0, 0.1) is 0 Å². The summed E-state index contributed by atoms with van der Waals surface area (Å²) in [5.41, 5.74) is 2.72. The largest absolute Gasteiger partial charge is 0.385 e. The Morgan fingerprint density at radius 1 is 1.26 bits per heavy atom. The van der Waals surface area contributed by atoms with Gasteiger partial charge < -0.3 is 10.1 Å². The van der Waals surface area contributed by atoms with Crippen LogP contribution in [0.15, 0.2) is 35.1 Å². The molecular weight excluding hydrogens is 242 g/mol. The Kier molecular flexibility index (Phi) is 4.41. The molecule has 0 fully saturated rings. The van der Waals surface area contributed by atoms with Crippen LogP contribution >= 0.6 is 0 Å².